The van der Waals surface area contributed by atoms with Crippen molar-refractivity contribution < 1.29 is 22.5 Å². The fourth-order valence-corrected chi connectivity index (χ4v) is 4.14. The standard InChI is InChI=1S/C13H24O5S2/c1-2-4-12(14)9-11(5-3-8-20(15,16)17)13-10-18-6-7-19-13/h11,13H,2-10H2,1H3,(H,15,16,17). The summed E-state index contributed by atoms with van der Waals surface area (Å²) in [6.45, 7) is 3.34. The average Bonchev–Trinajstić information content (AvgIpc) is 2.37. The molecule has 2 atom stereocenters. The summed E-state index contributed by atoms with van der Waals surface area (Å²) in [6, 6.07) is 0. The van der Waals surface area contributed by atoms with Crippen molar-refractivity contribution in [1.29, 1.82) is 0 Å². The van der Waals surface area contributed by atoms with E-state index in [-0.39, 0.29) is 22.7 Å². The highest BCUT2D eigenvalue weighted by Crippen LogP contribution is 2.30. The molecule has 5 nitrogen and oxygen atoms in total. The Morgan fingerprint density at radius 1 is 1.50 bits per heavy atom. The fraction of sp³-hybridized carbons (Fsp3) is 0.923. The average molecular weight is 324 g/mol. The first-order chi connectivity index (χ1) is 9.42. The Kier molecular flexibility index (Phi) is 8.09. The van der Waals surface area contributed by atoms with Crippen LogP contribution >= 0.6 is 11.8 Å². The number of carbonyl (C=O) groups is 1. The van der Waals surface area contributed by atoms with Gasteiger partial charge in [0.05, 0.1) is 19.0 Å². The van der Waals surface area contributed by atoms with Crippen molar-refractivity contribution in [1.82, 2.24) is 0 Å². The first-order valence-corrected chi connectivity index (χ1v) is 9.74. The van der Waals surface area contributed by atoms with Gasteiger partial charge in [-0.3, -0.25) is 9.35 Å². The molecular formula is C13H24O5S2. The van der Waals surface area contributed by atoms with E-state index in [1.807, 2.05) is 6.92 Å². The molecule has 0 aromatic rings. The zero-order chi connectivity index (χ0) is 15.0. The van der Waals surface area contributed by atoms with Gasteiger partial charge in [0.2, 0.25) is 0 Å². The number of carbonyl (C=O) groups excluding carboxylic acids is 1. The van der Waals surface area contributed by atoms with Crippen LogP contribution in [-0.2, 0) is 19.6 Å². The van der Waals surface area contributed by atoms with Gasteiger partial charge in [0.1, 0.15) is 5.78 Å². The van der Waals surface area contributed by atoms with Crippen LogP contribution in [0.3, 0.4) is 0 Å². The third kappa shape index (κ3) is 7.61. The molecule has 1 rings (SSSR count). The molecule has 0 aromatic heterocycles. The van der Waals surface area contributed by atoms with Gasteiger partial charge in [0.15, 0.2) is 0 Å². The van der Waals surface area contributed by atoms with Crippen molar-refractivity contribution in [3.8, 4) is 0 Å². The van der Waals surface area contributed by atoms with E-state index in [9.17, 15) is 13.2 Å². The molecular weight excluding hydrogens is 300 g/mol. The smallest absolute Gasteiger partial charge is 0.264 e. The van der Waals surface area contributed by atoms with Crippen LogP contribution < -0.4 is 0 Å². The minimum Gasteiger partial charge on any atom is -0.379 e. The minimum absolute atomic E-state index is 0.140. The predicted molar refractivity (Wildman–Crippen MR) is 80.7 cm³/mol. The van der Waals surface area contributed by atoms with E-state index >= 15 is 0 Å². The van der Waals surface area contributed by atoms with E-state index in [2.05, 4.69) is 0 Å². The van der Waals surface area contributed by atoms with Crippen molar-refractivity contribution in [2.45, 2.75) is 44.3 Å². The highest BCUT2D eigenvalue weighted by Gasteiger charge is 2.26. The number of ketones is 1. The maximum atomic E-state index is 11.8. The maximum absolute atomic E-state index is 11.8. The lowest BCUT2D eigenvalue weighted by molar-refractivity contribution is -0.120. The maximum Gasteiger partial charge on any atom is 0.264 e. The quantitative estimate of drug-likeness (QED) is 0.655. The van der Waals surface area contributed by atoms with Gasteiger partial charge < -0.3 is 4.74 Å². The van der Waals surface area contributed by atoms with Crippen molar-refractivity contribution in [2.75, 3.05) is 24.7 Å². The highest BCUT2D eigenvalue weighted by atomic mass is 32.2. The lowest BCUT2D eigenvalue weighted by Gasteiger charge is -2.29. The van der Waals surface area contributed by atoms with Gasteiger partial charge in [0, 0.05) is 23.8 Å². The molecule has 20 heavy (non-hydrogen) atoms. The number of hydrogen-bond donors (Lipinski definition) is 1. The molecule has 2 unspecified atom stereocenters. The molecule has 0 saturated carbocycles. The lowest BCUT2D eigenvalue weighted by Crippen LogP contribution is -2.30. The Morgan fingerprint density at radius 3 is 2.80 bits per heavy atom. The number of ether oxygens (including phenoxy) is 1. The number of hydrogen-bond acceptors (Lipinski definition) is 5. The largest absolute Gasteiger partial charge is 0.379 e. The molecule has 0 aromatic carbocycles. The molecule has 0 radical (unpaired) electrons. The third-order valence-electron chi connectivity index (χ3n) is 3.36. The number of Topliss-reactive ketones (excluding diaryl/α,β-unsaturated/α-hetero) is 1. The molecule has 1 N–H and O–H groups in total. The Bertz CT molecular complexity index is 388. The first-order valence-electron chi connectivity index (χ1n) is 7.08. The summed E-state index contributed by atoms with van der Waals surface area (Å²) >= 11 is 1.80. The highest BCUT2D eigenvalue weighted by molar-refractivity contribution is 8.00. The van der Waals surface area contributed by atoms with Gasteiger partial charge in [-0.15, -0.1) is 0 Å². The Hall–Kier alpha value is -0.110. The molecule has 7 heteroatoms. The minimum atomic E-state index is -3.91. The summed E-state index contributed by atoms with van der Waals surface area (Å²) in [7, 11) is -3.91. The second kappa shape index (κ2) is 9.02. The summed E-state index contributed by atoms with van der Waals surface area (Å²) in [4.78, 5) is 11.8. The van der Waals surface area contributed by atoms with Crippen LogP contribution in [0.2, 0.25) is 0 Å². The number of rotatable bonds is 9. The summed E-state index contributed by atoms with van der Waals surface area (Å²) < 4.78 is 35.8. The fourth-order valence-electron chi connectivity index (χ4n) is 2.40. The van der Waals surface area contributed by atoms with E-state index in [0.717, 1.165) is 18.8 Å². The molecule has 1 heterocycles. The molecule has 0 amide bonds. The van der Waals surface area contributed by atoms with Crippen LogP contribution in [0.25, 0.3) is 0 Å². The van der Waals surface area contributed by atoms with Crippen molar-refractivity contribution >= 4 is 27.7 Å². The normalized spacial score (nSPS) is 21.6. The second-order valence-electron chi connectivity index (χ2n) is 5.17. The summed E-state index contributed by atoms with van der Waals surface area (Å²) in [5.74, 6) is 1.06. The van der Waals surface area contributed by atoms with Gasteiger partial charge >= 0.3 is 0 Å². The zero-order valence-electron chi connectivity index (χ0n) is 11.9. The van der Waals surface area contributed by atoms with Crippen LogP contribution in [0.15, 0.2) is 0 Å². The van der Waals surface area contributed by atoms with Gasteiger partial charge in [-0.1, -0.05) is 6.92 Å². The van der Waals surface area contributed by atoms with Gasteiger partial charge in [-0.25, -0.2) is 0 Å². The van der Waals surface area contributed by atoms with E-state index in [1.54, 1.807) is 11.8 Å². The first kappa shape index (κ1) is 17.9. The van der Waals surface area contributed by atoms with Crippen LogP contribution in [0.5, 0.6) is 0 Å². The lowest BCUT2D eigenvalue weighted by atomic mass is 9.92. The predicted octanol–water partition coefficient (Wildman–Crippen LogP) is 2.16. The molecule has 0 spiro atoms. The van der Waals surface area contributed by atoms with Crippen molar-refractivity contribution in [2.24, 2.45) is 5.92 Å². The summed E-state index contributed by atoms with van der Waals surface area (Å²) in [5, 5.41) is 0.256. The van der Waals surface area contributed by atoms with E-state index in [1.165, 1.54) is 0 Å². The van der Waals surface area contributed by atoms with Crippen LogP contribution in [0.4, 0.5) is 0 Å². The molecule has 1 aliphatic heterocycles. The number of thioether (sulfide) groups is 1. The molecule has 1 fully saturated rings. The summed E-state index contributed by atoms with van der Waals surface area (Å²) in [5.41, 5.74) is 0. The Balaban J connectivity index is 2.51. The van der Waals surface area contributed by atoms with E-state index < -0.39 is 10.1 Å². The van der Waals surface area contributed by atoms with Crippen LogP contribution in [0.1, 0.15) is 39.0 Å². The van der Waals surface area contributed by atoms with Crippen LogP contribution in [0, 0.1) is 5.92 Å². The molecule has 1 saturated heterocycles. The zero-order valence-corrected chi connectivity index (χ0v) is 13.5. The van der Waals surface area contributed by atoms with Crippen molar-refractivity contribution in [3.63, 3.8) is 0 Å². The monoisotopic (exact) mass is 324 g/mol. The van der Waals surface area contributed by atoms with E-state index in [0.29, 0.717) is 32.3 Å². The van der Waals surface area contributed by atoms with Gasteiger partial charge in [-0.05, 0) is 25.2 Å². The topological polar surface area (TPSA) is 80.7 Å². The molecule has 0 bridgehead atoms. The van der Waals surface area contributed by atoms with Gasteiger partial charge in [-0.2, -0.15) is 20.2 Å². The Labute approximate surface area is 125 Å². The SMILES string of the molecule is CCCC(=O)CC(CCCS(=O)(=O)O)C1COCCS1. The third-order valence-corrected chi connectivity index (χ3v) is 5.52. The molecule has 1 aliphatic rings. The summed E-state index contributed by atoms with van der Waals surface area (Å²) in [6.07, 6.45) is 2.93. The van der Waals surface area contributed by atoms with E-state index in [4.69, 9.17) is 9.29 Å². The van der Waals surface area contributed by atoms with Gasteiger partial charge in [0.25, 0.3) is 10.1 Å². The molecule has 118 valence electrons. The second-order valence-corrected chi connectivity index (χ2v) is 8.08. The Morgan fingerprint density at radius 2 is 2.25 bits per heavy atom. The molecule has 0 aliphatic carbocycles. The van der Waals surface area contributed by atoms with Crippen LogP contribution in [-0.4, -0.2) is 48.7 Å². The van der Waals surface area contributed by atoms with Crippen molar-refractivity contribution in [3.05, 3.63) is 0 Å².